The monoisotopic (exact) mass is 338 g/mol. The van der Waals surface area contributed by atoms with Gasteiger partial charge in [-0.3, -0.25) is 0 Å². The first-order chi connectivity index (χ1) is 11.9. The van der Waals surface area contributed by atoms with Gasteiger partial charge in [0.1, 0.15) is 17.4 Å². The molecule has 0 saturated carbocycles. The summed E-state index contributed by atoms with van der Waals surface area (Å²) in [4.78, 5) is 1.28. The number of thiophene rings is 1. The maximum atomic E-state index is 9.18. The molecule has 0 aliphatic heterocycles. The summed E-state index contributed by atoms with van der Waals surface area (Å²) in [5.41, 5.74) is 1.04. The molecule has 2 N–H and O–H groups in total. The summed E-state index contributed by atoms with van der Waals surface area (Å²) in [5.74, 6) is 0.955. The lowest BCUT2D eigenvalue weighted by Gasteiger charge is -2.11. The number of hydrogen-bond donors (Lipinski definition) is 2. The van der Waals surface area contributed by atoms with Gasteiger partial charge < -0.3 is 10.1 Å². The molecule has 0 atom stereocenters. The van der Waals surface area contributed by atoms with Crippen LogP contribution in [-0.2, 0) is 6.42 Å². The molecule has 0 bridgehead atoms. The summed E-state index contributed by atoms with van der Waals surface area (Å²) in [6.45, 7) is 0.582. The lowest BCUT2D eigenvalue weighted by atomic mass is 10.2. The van der Waals surface area contributed by atoms with Gasteiger partial charge in [-0.1, -0.05) is 18.2 Å². The molecular formula is C16H14N6OS. The maximum Gasteiger partial charge on any atom is 0.216 e. The van der Waals surface area contributed by atoms with Gasteiger partial charge >= 0.3 is 0 Å². The van der Waals surface area contributed by atoms with Crippen LogP contribution in [0.4, 0.5) is 5.69 Å². The van der Waals surface area contributed by atoms with Crippen LogP contribution in [0.1, 0.15) is 10.7 Å². The average Bonchev–Trinajstić information content (AvgIpc) is 3.30. The topological polar surface area (TPSA) is 99.5 Å². The third-order valence-corrected chi connectivity index (χ3v) is 4.09. The minimum absolute atomic E-state index is 0.237. The molecule has 1 aromatic carbocycles. The molecule has 0 aliphatic rings. The van der Waals surface area contributed by atoms with Gasteiger partial charge in [0.25, 0.3) is 0 Å². The molecule has 2 aromatic heterocycles. The van der Waals surface area contributed by atoms with Gasteiger partial charge in [0.2, 0.25) is 5.82 Å². The highest BCUT2D eigenvalue weighted by atomic mass is 32.1. The summed E-state index contributed by atoms with van der Waals surface area (Å²) in [6, 6.07) is 13.7. The number of ether oxygens (including phenoxy) is 1. The van der Waals surface area contributed by atoms with Crippen LogP contribution < -0.4 is 10.1 Å². The van der Waals surface area contributed by atoms with Gasteiger partial charge in [-0.2, -0.15) is 10.5 Å². The number of nitriles is 1. The van der Waals surface area contributed by atoms with Crippen molar-refractivity contribution in [2.24, 2.45) is 0 Å². The van der Waals surface area contributed by atoms with Crippen molar-refractivity contribution >= 4 is 22.6 Å². The standard InChI is InChI=1S/C16H14N6OS/c17-10-12(16-19-21-22-20-16)11-18-14-5-1-2-6-15(14)23-8-7-13-4-3-9-24-13/h1-6,9,11,18H,7-8H2,(H,19,20,21,22). The fourth-order valence-electron chi connectivity index (χ4n) is 2.00. The van der Waals surface area contributed by atoms with E-state index in [4.69, 9.17) is 4.74 Å². The van der Waals surface area contributed by atoms with Crippen LogP contribution in [0.3, 0.4) is 0 Å². The van der Waals surface area contributed by atoms with E-state index in [1.807, 2.05) is 36.4 Å². The zero-order chi connectivity index (χ0) is 16.6. The molecule has 0 aliphatic carbocycles. The molecule has 0 unspecified atom stereocenters. The number of nitrogens with one attached hydrogen (secondary N) is 2. The molecule has 7 nitrogen and oxygen atoms in total. The van der Waals surface area contributed by atoms with Crippen LogP contribution in [-0.4, -0.2) is 27.2 Å². The molecule has 3 rings (SSSR count). The number of para-hydroxylation sites is 2. The number of rotatable bonds is 7. The van der Waals surface area contributed by atoms with Crippen molar-refractivity contribution in [3.63, 3.8) is 0 Å². The lowest BCUT2D eigenvalue weighted by molar-refractivity contribution is 0.324. The first-order valence-electron chi connectivity index (χ1n) is 7.21. The summed E-state index contributed by atoms with van der Waals surface area (Å²) in [5, 5.41) is 27.7. The zero-order valence-corrected chi connectivity index (χ0v) is 13.5. The SMILES string of the molecule is N#CC(=CNc1ccccc1OCCc1cccs1)c1nn[nH]n1. The van der Waals surface area contributed by atoms with Gasteiger partial charge in [-0.15, -0.1) is 21.5 Å². The molecule has 0 fully saturated rings. The van der Waals surface area contributed by atoms with Gasteiger partial charge in [-0.05, 0) is 28.8 Å². The van der Waals surface area contributed by atoms with Crippen LogP contribution >= 0.6 is 11.3 Å². The Morgan fingerprint density at radius 2 is 2.25 bits per heavy atom. The average molecular weight is 338 g/mol. The van der Waals surface area contributed by atoms with Crippen molar-refractivity contribution < 1.29 is 4.74 Å². The number of allylic oxidation sites excluding steroid dienone is 1. The van der Waals surface area contributed by atoms with E-state index < -0.39 is 0 Å². The van der Waals surface area contributed by atoms with E-state index in [0.29, 0.717) is 6.61 Å². The van der Waals surface area contributed by atoms with Gasteiger partial charge in [0.05, 0.1) is 12.3 Å². The molecule has 24 heavy (non-hydrogen) atoms. The van der Waals surface area contributed by atoms with Crippen LogP contribution in [0.15, 0.2) is 48.0 Å². The Balaban J connectivity index is 1.66. The van der Waals surface area contributed by atoms with Gasteiger partial charge in [0.15, 0.2) is 0 Å². The van der Waals surface area contributed by atoms with Crippen LogP contribution in [0, 0.1) is 11.3 Å². The van der Waals surface area contributed by atoms with Crippen LogP contribution in [0.5, 0.6) is 5.75 Å². The summed E-state index contributed by atoms with van der Waals surface area (Å²) >= 11 is 1.71. The van der Waals surface area contributed by atoms with Crippen molar-refractivity contribution in [2.45, 2.75) is 6.42 Å². The first-order valence-corrected chi connectivity index (χ1v) is 8.09. The van der Waals surface area contributed by atoms with Crippen molar-refractivity contribution in [1.29, 1.82) is 5.26 Å². The number of benzene rings is 1. The maximum absolute atomic E-state index is 9.18. The number of aromatic nitrogens is 4. The second kappa shape index (κ2) is 7.89. The summed E-state index contributed by atoms with van der Waals surface area (Å²) in [6.07, 6.45) is 2.39. The molecule has 0 amide bonds. The number of nitrogens with zero attached hydrogens (tertiary/aromatic N) is 4. The normalized spacial score (nSPS) is 11.0. The Labute approximate surface area is 142 Å². The molecular weight excluding hydrogens is 324 g/mol. The van der Waals surface area contributed by atoms with Crippen molar-refractivity contribution in [3.8, 4) is 11.8 Å². The van der Waals surface area contributed by atoms with E-state index in [2.05, 4.69) is 37.4 Å². The van der Waals surface area contributed by atoms with Crippen LogP contribution in [0.2, 0.25) is 0 Å². The van der Waals surface area contributed by atoms with E-state index in [9.17, 15) is 5.26 Å². The predicted molar refractivity (Wildman–Crippen MR) is 91.4 cm³/mol. The first kappa shape index (κ1) is 15.7. The fraction of sp³-hybridized carbons (Fsp3) is 0.125. The second-order valence-corrected chi connectivity index (χ2v) is 5.76. The quantitative estimate of drug-likeness (QED) is 0.643. The third kappa shape index (κ3) is 3.97. The highest BCUT2D eigenvalue weighted by Gasteiger charge is 2.07. The lowest BCUT2D eigenvalue weighted by Crippen LogP contribution is -2.02. The summed E-state index contributed by atoms with van der Waals surface area (Å²) < 4.78 is 5.85. The molecule has 0 saturated heterocycles. The Kier molecular flexibility index (Phi) is 5.17. The largest absolute Gasteiger partial charge is 0.491 e. The fourth-order valence-corrected chi connectivity index (χ4v) is 2.69. The number of tetrazole rings is 1. The Morgan fingerprint density at radius 1 is 1.33 bits per heavy atom. The van der Waals surface area contributed by atoms with Gasteiger partial charge in [0, 0.05) is 17.5 Å². The minimum Gasteiger partial charge on any atom is -0.491 e. The molecule has 120 valence electrons. The number of anilines is 1. The van der Waals surface area contributed by atoms with E-state index in [0.717, 1.165) is 17.9 Å². The molecule has 8 heteroatoms. The van der Waals surface area contributed by atoms with Crippen molar-refractivity contribution in [2.75, 3.05) is 11.9 Å². The number of aromatic amines is 1. The molecule has 0 spiro atoms. The Hall–Kier alpha value is -3.18. The van der Waals surface area contributed by atoms with Crippen molar-refractivity contribution in [3.05, 3.63) is 58.7 Å². The Morgan fingerprint density at radius 3 is 3.00 bits per heavy atom. The van der Waals surface area contributed by atoms with Gasteiger partial charge in [-0.25, -0.2) is 0 Å². The van der Waals surface area contributed by atoms with E-state index >= 15 is 0 Å². The summed E-state index contributed by atoms with van der Waals surface area (Å²) in [7, 11) is 0. The second-order valence-electron chi connectivity index (χ2n) is 4.72. The minimum atomic E-state index is 0.237. The van der Waals surface area contributed by atoms with E-state index in [-0.39, 0.29) is 11.4 Å². The third-order valence-electron chi connectivity index (χ3n) is 3.15. The highest BCUT2D eigenvalue weighted by Crippen LogP contribution is 2.25. The Bertz CT molecular complexity index is 836. The van der Waals surface area contributed by atoms with Crippen LogP contribution in [0.25, 0.3) is 5.57 Å². The predicted octanol–water partition coefficient (Wildman–Crippen LogP) is 2.86. The van der Waals surface area contributed by atoms with E-state index in [1.54, 1.807) is 11.3 Å². The smallest absolute Gasteiger partial charge is 0.216 e. The molecule has 3 aromatic rings. The zero-order valence-electron chi connectivity index (χ0n) is 12.6. The van der Waals surface area contributed by atoms with E-state index in [1.165, 1.54) is 11.1 Å². The molecule has 2 heterocycles. The highest BCUT2D eigenvalue weighted by molar-refractivity contribution is 7.09. The number of hydrogen-bond acceptors (Lipinski definition) is 7. The molecule has 0 radical (unpaired) electrons. The van der Waals surface area contributed by atoms with Crippen molar-refractivity contribution in [1.82, 2.24) is 20.6 Å². The number of H-pyrrole nitrogens is 1.